The van der Waals surface area contributed by atoms with E-state index in [1.807, 2.05) is 0 Å². The zero-order chi connectivity index (χ0) is 13.3. The molecule has 1 N–H and O–H groups in total. The highest BCUT2D eigenvalue weighted by Gasteiger charge is 2.27. The van der Waals surface area contributed by atoms with Crippen molar-refractivity contribution in [2.75, 3.05) is 19.7 Å². The maximum atomic E-state index is 13.8. The molecule has 1 saturated heterocycles. The fourth-order valence-electron chi connectivity index (χ4n) is 1.95. The Morgan fingerprint density at radius 3 is 2.61 bits per heavy atom. The van der Waals surface area contributed by atoms with Gasteiger partial charge in [-0.25, -0.2) is 13.2 Å². The minimum atomic E-state index is -1.72. The van der Waals surface area contributed by atoms with Crippen molar-refractivity contribution in [3.05, 3.63) is 34.9 Å². The fraction of sp³-hybridized carbons (Fsp3) is 0.538. The first-order chi connectivity index (χ1) is 8.39. The van der Waals surface area contributed by atoms with Crippen LogP contribution < -0.4 is 5.32 Å². The molecule has 100 valence electrons. The van der Waals surface area contributed by atoms with E-state index in [9.17, 15) is 13.2 Å². The molecule has 1 aromatic rings. The third kappa shape index (κ3) is 2.67. The van der Waals surface area contributed by atoms with Gasteiger partial charge in [-0.3, -0.25) is 0 Å². The average molecular weight is 259 g/mol. The minimum absolute atomic E-state index is 0.0722. The molecular weight excluding hydrogens is 243 g/mol. The summed E-state index contributed by atoms with van der Waals surface area (Å²) < 4.78 is 46.5. The summed E-state index contributed by atoms with van der Waals surface area (Å²) in [6, 6.07) is 2.24. The molecule has 1 aliphatic heterocycles. The number of alkyl halides is 1. The van der Waals surface area contributed by atoms with E-state index in [-0.39, 0.29) is 11.1 Å². The van der Waals surface area contributed by atoms with Crippen molar-refractivity contribution in [2.45, 2.75) is 25.6 Å². The summed E-state index contributed by atoms with van der Waals surface area (Å²) in [6.45, 7) is 4.11. The van der Waals surface area contributed by atoms with Crippen molar-refractivity contribution in [1.29, 1.82) is 0 Å². The van der Waals surface area contributed by atoms with Gasteiger partial charge < -0.3 is 10.1 Å². The number of ether oxygens (including phenoxy) is 1. The molecule has 1 aliphatic rings. The lowest BCUT2D eigenvalue weighted by molar-refractivity contribution is 0.0249. The number of nitrogens with one attached hydrogen (secondary N) is 1. The smallest absolute Gasteiger partial charge is 0.164 e. The molecule has 2 rings (SSSR count). The lowest BCUT2D eigenvalue weighted by atomic mass is 9.95. The second kappa shape index (κ2) is 4.90. The maximum Gasteiger partial charge on any atom is 0.164 e. The van der Waals surface area contributed by atoms with E-state index >= 15 is 0 Å². The molecule has 0 aromatic heterocycles. The summed E-state index contributed by atoms with van der Waals surface area (Å²) in [5.74, 6) is -2.00. The quantitative estimate of drug-likeness (QED) is 0.881. The first-order valence-electron chi connectivity index (χ1n) is 5.90. The molecule has 0 aliphatic carbocycles. The Balaban J connectivity index is 2.42. The summed E-state index contributed by atoms with van der Waals surface area (Å²) in [6.07, 6.45) is -0.574. The molecule has 5 heteroatoms. The molecule has 0 spiro atoms. The van der Waals surface area contributed by atoms with Crippen LogP contribution in [-0.4, -0.2) is 19.7 Å². The first-order valence-corrected chi connectivity index (χ1v) is 5.90. The number of halogens is 3. The highest BCUT2D eigenvalue weighted by Crippen LogP contribution is 2.31. The molecule has 0 saturated carbocycles. The van der Waals surface area contributed by atoms with Gasteiger partial charge in [-0.05, 0) is 31.5 Å². The van der Waals surface area contributed by atoms with Crippen LogP contribution >= 0.6 is 0 Å². The Labute approximate surface area is 104 Å². The van der Waals surface area contributed by atoms with Crippen LogP contribution in [0.3, 0.4) is 0 Å². The van der Waals surface area contributed by atoms with Crippen molar-refractivity contribution >= 4 is 0 Å². The highest BCUT2D eigenvalue weighted by atomic mass is 19.2. The predicted octanol–water partition coefficient (Wildman–Crippen LogP) is 2.83. The number of rotatable bonds is 2. The minimum Gasteiger partial charge on any atom is -0.371 e. The summed E-state index contributed by atoms with van der Waals surface area (Å²) >= 11 is 0. The zero-order valence-electron chi connectivity index (χ0n) is 10.4. The van der Waals surface area contributed by atoms with Crippen LogP contribution in [0, 0.1) is 11.6 Å². The van der Waals surface area contributed by atoms with Crippen molar-refractivity contribution in [1.82, 2.24) is 5.32 Å². The van der Waals surface area contributed by atoms with Gasteiger partial charge in [0.15, 0.2) is 11.6 Å². The van der Waals surface area contributed by atoms with E-state index < -0.39 is 23.4 Å². The molecule has 1 atom stereocenters. The predicted molar refractivity (Wildman–Crippen MR) is 62.1 cm³/mol. The number of benzene rings is 1. The van der Waals surface area contributed by atoms with E-state index in [1.54, 1.807) is 0 Å². The zero-order valence-corrected chi connectivity index (χ0v) is 10.4. The highest BCUT2D eigenvalue weighted by molar-refractivity contribution is 5.31. The first kappa shape index (κ1) is 13.4. The van der Waals surface area contributed by atoms with Crippen LogP contribution in [0.15, 0.2) is 12.1 Å². The Morgan fingerprint density at radius 2 is 2.06 bits per heavy atom. The summed E-state index contributed by atoms with van der Waals surface area (Å²) in [4.78, 5) is 0. The van der Waals surface area contributed by atoms with Crippen molar-refractivity contribution in [3.8, 4) is 0 Å². The van der Waals surface area contributed by atoms with Crippen molar-refractivity contribution < 1.29 is 17.9 Å². The van der Waals surface area contributed by atoms with Crippen LogP contribution in [-0.2, 0) is 10.4 Å². The molecule has 0 radical (unpaired) electrons. The van der Waals surface area contributed by atoms with E-state index in [1.165, 1.54) is 19.9 Å². The summed E-state index contributed by atoms with van der Waals surface area (Å²) in [5, 5.41) is 3.03. The normalized spacial score (nSPS) is 21.1. The molecule has 0 bridgehead atoms. The van der Waals surface area contributed by atoms with Gasteiger partial charge in [0.25, 0.3) is 0 Å². The van der Waals surface area contributed by atoms with Crippen molar-refractivity contribution in [2.24, 2.45) is 0 Å². The molecule has 1 heterocycles. The lowest BCUT2D eigenvalue weighted by Crippen LogP contribution is -2.34. The standard InChI is InChI=1S/C13H16F3NO/c1-13(2,16)8-5-9(12(15)10(14)6-8)11-7-17-3-4-18-11/h5-6,11,17H,3-4,7H2,1-2H3. The number of hydrogen-bond donors (Lipinski definition) is 1. The Morgan fingerprint density at radius 1 is 1.33 bits per heavy atom. The maximum absolute atomic E-state index is 13.8. The van der Waals surface area contributed by atoms with Crippen molar-refractivity contribution in [3.63, 3.8) is 0 Å². The molecule has 2 nitrogen and oxygen atoms in total. The largest absolute Gasteiger partial charge is 0.371 e. The number of hydrogen-bond acceptors (Lipinski definition) is 2. The topological polar surface area (TPSA) is 21.3 Å². The van der Waals surface area contributed by atoms with Gasteiger partial charge in [-0.2, -0.15) is 0 Å². The van der Waals surface area contributed by atoms with E-state index in [0.717, 1.165) is 6.07 Å². The molecule has 1 aromatic carbocycles. The molecule has 18 heavy (non-hydrogen) atoms. The van der Waals surface area contributed by atoms with Gasteiger partial charge in [0, 0.05) is 18.7 Å². The van der Waals surface area contributed by atoms with E-state index in [4.69, 9.17) is 4.74 Å². The van der Waals surface area contributed by atoms with Gasteiger partial charge in [0.05, 0.1) is 12.7 Å². The summed E-state index contributed by atoms with van der Waals surface area (Å²) in [7, 11) is 0. The van der Waals surface area contributed by atoms with E-state index in [0.29, 0.717) is 19.7 Å². The van der Waals surface area contributed by atoms with Gasteiger partial charge >= 0.3 is 0 Å². The van der Waals surface area contributed by atoms with Gasteiger partial charge in [-0.15, -0.1) is 0 Å². The Hall–Kier alpha value is -1.07. The third-order valence-corrected chi connectivity index (χ3v) is 3.02. The second-order valence-electron chi connectivity index (χ2n) is 4.90. The Kier molecular flexibility index (Phi) is 3.64. The van der Waals surface area contributed by atoms with Crippen LogP contribution in [0.1, 0.15) is 31.1 Å². The van der Waals surface area contributed by atoms with E-state index in [2.05, 4.69) is 5.32 Å². The second-order valence-corrected chi connectivity index (χ2v) is 4.90. The molecule has 0 amide bonds. The SMILES string of the molecule is CC(C)(F)c1cc(F)c(F)c(C2CNCCO2)c1. The van der Waals surface area contributed by atoms with Crippen LogP contribution in [0.2, 0.25) is 0 Å². The molecule has 1 unspecified atom stereocenters. The fourth-order valence-corrected chi connectivity index (χ4v) is 1.95. The molecular formula is C13H16F3NO. The van der Waals surface area contributed by atoms with Crippen LogP contribution in [0.25, 0.3) is 0 Å². The number of morpholine rings is 1. The summed E-state index contributed by atoms with van der Waals surface area (Å²) in [5.41, 5.74) is -1.53. The lowest BCUT2D eigenvalue weighted by Gasteiger charge is -2.26. The monoisotopic (exact) mass is 259 g/mol. The van der Waals surface area contributed by atoms with Gasteiger partial charge in [0.2, 0.25) is 0 Å². The van der Waals surface area contributed by atoms with Crippen LogP contribution in [0.4, 0.5) is 13.2 Å². The van der Waals surface area contributed by atoms with Crippen LogP contribution in [0.5, 0.6) is 0 Å². The third-order valence-electron chi connectivity index (χ3n) is 3.02. The Bertz CT molecular complexity index is 437. The average Bonchev–Trinajstić information content (AvgIpc) is 2.32. The van der Waals surface area contributed by atoms with Gasteiger partial charge in [0.1, 0.15) is 5.67 Å². The van der Waals surface area contributed by atoms with Gasteiger partial charge in [-0.1, -0.05) is 0 Å². The molecule has 1 fully saturated rings.